The lowest BCUT2D eigenvalue weighted by atomic mass is 9.83. The van der Waals surface area contributed by atoms with Crippen molar-refractivity contribution in [2.24, 2.45) is 11.8 Å². The monoisotopic (exact) mass is 353 g/mol. The lowest BCUT2D eigenvalue weighted by molar-refractivity contribution is 0.0740. The van der Waals surface area contributed by atoms with Crippen LogP contribution in [0, 0.1) is 18.8 Å². The number of aromatic nitrogens is 1. The second-order valence-corrected chi connectivity index (χ2v) is 7.71. The van der Waals surface area contributed by atoms with Crippen molar-refractivity contribution >= 4 is 5.91 Å². The molecule has 2 fully saturated rings. The Morgan fingerprint density at radius 2 is 2.00 bits per heavy atom. The Balaban J connectivity index is 1.28. The number of amides is 1. The van der Waals surface area contributed by atoms with E-state index in [0.29, 0.717) is 11.7 Å². The Labute approximate surface area is 155 Å². The molecular formula is C21H27N3O2. The van der Waals surface area contributed by atoms with Crippen LogP contribution in [-0.4, -0.2) is 46.9 Å². The third kappa shape index (κ3) is 3.68. The van der Waals surface area contributed by atoms with Crippen molar-refractivity contribution < 1.29 is 9.21 Å². The molecule has 2 aromatic rings. The molecule has 5 nitrogen and oxygen atoms in total. The SMILES string of the molecule is Cc1ccoc1C(=O)N1CC[C@H](C2CCN(Cc3cccnc3)CC2)C1. The zero-order valence-electron chi connectivity index (χ0n) is 15.4. The van der Waals surface area contributed by atoms with Crippen LogP contribution in [0.3, 0.4) is 0 Å². The summed E-state index contributed by atoms with van der Waals surface area (Å²) in [6, 6.07) is 6.02. The number of piperidine rings is 1. The summed E-state index contributed by atoms with van der Waals surface area (Å²) < 4.78 is 5.39. The van der Waals surface area contributed by atoms with E-state index in [4.69, 9.17) is 4.42 Å². The number of furan rings is 1. The Hall–Kier alpha value is -2.14. The van der Waals surface area contributed by atoms with E-state index in [1.807, 2.05) is 36.4 Å². The standard InChI is InChI=1S/C21H27N3O2/c1-16-7-12-26-20(16)21(25)24-11-6-19(15-24)18-4-9-23(10-5-18)14-17-3-2-8-22-13-17/h2-3,7-8,12-13,18-19H,4-6,9-11,14-15H2,1H3/t19-/m0/s1. The molecule has 26 heavy (non-hydrogen) atoms. The van der Waals surface area contributed by atoms with E-state index in [1.54, 1.807) is 6.26 Å². The van der Waals surface area contributed by atoms with Crippen molar-refractivity contribution in [3.8, 4) is 0 Å². The van der Waals surface area contributed by atoms with Gasteiger partial charge in [0.25, 0.3) is 5.91 Å². The summed E-state index contributed by atoms with van der Waals surface area (Å²) in [5, 5.41) is 0. The van der Waals surface area contributed by atoms with Gasteiger partial charge in [0.05, 0.1) is 6.26 Å². The molecule has 1 atom stereocenters. The third-order valence-electron chi connectivity index (χ3n) is 6.00. The zero-order valence-corrected chi connectivity index (χ0v) is 15.4. The van der Waals surface area contributed by atoms with Gasteiger partial charge in [-0.3, -0.25) is 14.7 Å². The molecular weight excluding hydrogens is 326 g/mol. The first kappa shape index (κ1) is 17.3. The van der Waals surface area contributed by atoms with Gasteiger partial charge in [0.15, 0.2) is 5.76 Å². The molecule has 2 aliphatic heterocycles. The number of aryl methyl sites for hydroxylation is 1. The summed E-state index contributed by atoms with van der Waals surface area (Å²) in [4.78, 5) is 21.3. The summed E-state index contributed by atoms with van der Waals surface area (Å²) in [6.45, 7) is 6.95. The first-order chi connectivity index (χ1) is 12.7. The number of carbonyl (C=O) groups excluding carboxylic acids is 1. The maximum Gasteiger partial charge on any atom is 0.289 e. The average molecular weight is 353 g/mol. The van der Waals surface area contributed by atoms with Gasteiger partial charge in [0, 0.05) is 37.6 Å². The molecule has 5 heteroatoms. The minimum atomic E-state index is 0.0593. The Bertz CT molecular complexity index is 735. The summed E-state index contributed by atoms with van der Waals surface area (Å²) in [6.07, 6.45) is 8.97. The second kappa shape index (κ2) is 7.62. The molecule has 0 aliphatic carbocycles. The summed E-state index contributed by atoms with van der Waals surface area (Å²) in [5.41, 5.74) is 2.22. The molecule has 2 aliphatic rings. The molecule has 0 radical (unpaired) electrons. The minimum Gasteiger partial charge on any atom is -0.459 e. The van der Waals surface area contributed by atoms with Crippen LogP contribution in [-0.2, 0) is 6.54 Å². The van der Waals surface area contributed by atoms with Crippen molar-refractivity contribution in [3.63, 3.8) is 0 Å². The molecule has 0 aromatic carbocycles. The molecule has 0 unspecified atom stereocenters. The summed E-state index contributed by atoms with van der Waals surface area (Å²) in [5.74, 6) is 1.94. The van der Waals surface area contributed by atoms with E-state index in [9.17, 15) is 4.79 Å². The van der Waals surface area contributed by atoms with Crippen molar-refractivity contribution in [3.05, 3.63) is 53.7 Å². The van der Waals surface area contributed by atoms with Crippen molar-refractivity contribution in [1.82, 2.24) is 14.8 Å². The van der Waals surface area contributed by atoms with Gasteiger partial charge in [0.2, 0.25) is 0 Å². The molecule has 0 spiro atoms. The average Bonchev–Trinajstić information content (AvgIpc) is 3.32. The molecule has 2 aromatic heterocycles. The van der Waals surface area contributed by atoms with Crippen LogP contribution in [0.25, 0.3) is 0 Å². The van der Waals surface area contributed by atoms with Gasteiger partial charge < -0.3 is 9.32 Å². The van der Waals surface area contributed by atoms with Gasteiger partial charge >= 0.3 is 0 Å². The number of nitrogens with zero attached hydrogens (tertiary/aromatic N) is 3. The second-order valence-electron chi connectivity index (χ2n) is 7.71. The third-order valence-corrected chi connectivity index (χ3v) is 6.00. The van der Waals surface area contributed by atoms with Crippen molar-refractivity contribution in [2.75, 3.05) is 26.2 Å². The fraction of sp³-hybridized carbons (Fsp3) is 0.524. The highest BCUT2D eigenvalue weighted by atomic mass is 16.3. The van der Waals surface area contributed by atoms with Gasteiger partial charge in [-0.2, -0.15) is 0 Å². The largest absolute Gasteiger partial charge is 0.459 e. The highest BCUT2D eigenvalue weighted by Gasteiger charge is 2.35. The normalized spacial score (nSPS) is 22.0. The van der Waals surface area contributed by atoms with Crippen molar-refractivity contribution in [1.29, 1.82) is 0 Å². The van der Waals surface area contributed by atoms with Crippen LogP contribution in [0.4, 0.5) is 0 Å². The molecule has 0 bridgehead atoms. The smallest absolute Gasteiger partial charge is 0.289 e. The highest BCUT2D eigenvalue weighted by Crippen LogP contribution is 2.33. The van der Waals surface area contributed by atoms with Crippen LogP contribution in [0.1, 0.15) is 40.9 Å². The van der Waals surface area contributed by atoms with E-state index in [1.165, 1.54) is 18.4 Å². The van der Waals surface area contributed by atoms with Crippen LogP contribution in [0.5, 0.6) is 0 Å². The highest BCUT2D eigenvalue weighted by molar-refractivity contribution is 5.93. The first-order valence-electron chi connectivity index (χ1n) is 9.65. The Morgan fingerprint density at radius 3 is 2.69 bits per heavy atom. The molecule has 1 amide bonds. The van der Waals surface area contributed by atoms with Crippen molar-refractivity contribution in [2.45, 2.75) is 32.7 Å². The molecule has 4 rings (SSSR count). The predicted octanol–water partition coefficient (Wildman–Crippen LogP) is 3.36. The lowest BCUT2D eigenvalue weighted by Crippen LogP contribution is -2.37. The van der Waals surface area contributed by atoms with Crippen LogP contribution in [0.2, 0.25) is 0 Å². The van der Waals surface area contributed by atoms with Crippen LogP contribution >= 0.6 is 0 Å². The number of hydrogen-bond acceptors (Lipinski definition) is 4. The van der Waals surface area contributed by atoms with E-state index in [-0.39, 0.29) is 5.91 Å². The lowest BCUT2D eigenvalue weighted by Gasteiger charge is -2.34. The molecule has 2 saturated heterocycles. The quantitative estimate of drug-likeness (QED) is 0.846. The number of carbonyl (C=O) groups is 1. The Morgan fingerprint density at radius 1 is 1.19 bits per heavy atom. The van der Waals surface area contributed by atoms with Gasteiger partial charge in [-0.15, -0.1) is 0 Å². The molecule has 4 heterocycles. The number of likely N-dealkylation sites (tertiary alicyclic amines) is 2. The van der Waals surface area contributed by atoms with Gasteiger partial charge in [0.1, 0.15) is 0 Å². The van der Waals surface area contributed by atoms with Gasteiger partial charge in [-0.25, -0.2) is 0 Å². The predicted molar refractivity (Wildman–Crippen MR) is 99.7 cm³/mol. The first-order valence-corrected chi connectivity index (χ1v) is 9.65. The van der Waals surface area contributed by atoms with Gasteiger partial charge in [-0.1, -0.05) is 6.07 Å². The van der Waals surface area contributed by atoms with Crippen LogP contribution in [0.15, 0.2) is 41.3 Å². The number of hydrogen-bond donors (Lipinski definition) is 0. The maximum atomic E-state index is 12.6. The van der Waals surface area contributed by atoms with E-state index >= 15 is 0 Å². The van der Waals surface area contributed by atoms with E-state index in [2.05, 4.69) is 16.0 Å². The topological polar surface area (TPSA) is 49.6 Å². The number of pyridine rings is 1. The summed E-state index contributed by atoms with van der Waals surface area (Å²) in [7, 11) is 0. The molecule has 0 N–H and O–H groups in total. The maximum absolute atomic E-state index is 12.6. The fourth-order valence-corrected chi connectivity index (χ4v) is 4.42. The fourth-order valence-electron chi connectivity index (χ4n) is 4.42. The van der Waals surface area contributed by atoms with E-state index in [0.717, 1.165) is 50.6 Å². The molecule has 138 valence electrons. The minimum absolute atomic E-state index is 0.0593. The zero-order chi connectivity index (χ0) is 17.9. The summed E-state index contributed by atoms with van der Waals surface area (Å²) >= 11 is 0. The Kier molecular flexibility index (Phi) is 5.07. The van der Waals surface area contributed by atoms with Crippen LogP contribution < -0.4 is 0 Å². The molecule has 0 saturated carbocycles. The number of rotatable bonds is 4. The van der Waals surface area contributed by atoms with Gasteiger partial charge in [-0.05, 0) is 68.8 Å². The van der Waals surface area contributed by atoms with E-state index < -0.39 is 0 Å².